The van der Waals surface area contributed by atoms with E-state index in [2.05, 4.69) is 5.43 Å². The van der Waals surface area contributed by atoms with Crippen LogP contribution < -0.4 is 5.43 Å². The number of amides is 1. The number of fused-ring (bicyclic) bond motifs is 1. The van der Waals surface area contributed by atoms with Gasteiger partial charge in [0.1, 0.15) is 0 Å². The van der Waals surface area contributed by atoms with Gasteiger partial charge in [-0.3, -0.25) is 14.9 Å². The summed E-state index contributed by atoms with van der Waals surface area (Å²) >= 11 is 0. The first-order valence-electron chi connectivity index (χ1n) is 6.49. The van der Waals surface area contributed by atoms with Crippen LogP contribution in [-0.2, 0) is 9.53 Å². The second kappa shape index (κ2) is 5.67. The van der Waals surface area contributed by atoms with Crippen molar-refractivity contribution in [2.45, 2.75) is 20.8 Å². The summed E-state index contributed by atoms with van der Waals surface area (Å²) in [5.74, 6) is -0.728. The SMILES string of the molecule is CCOC(=O)c1c(C)n(NC(C)=O)c2ccc(C#N)cc12. The maximum Gasteiger partial charge on any atom is 0.340 e. The van der Waals surface area contributed by atoms with Gasteiger partial charge in [-0.2, -0.15) is 5.26 Å². The van der Waals surface area contributed by atoms with Crippen molar-refractivity contribution in [1.29, 1.82) is 5.26 Å². The lowest BCUT2D eigenvalue weighted by atomic mass is 10.1. The van der Waals surface area contributed by atoms with Crippen molar-refractivity contribution in [2.24, 2.45) is 0 Å². The van der Waals surface area contributed by atoms with Gasteiger partial charge >= 0.3 is 5.97 Å². The lowest BCUT2D eigenvalue weighted by Gasteiger charge is -2.08. The van der Waals surface area contributed by atoms with E-state index in [4.69, 9.17) is 10.00 Å². The molecule has 6 nitrogen and oxygen atoms in total. The smallest absolute Gasteiger partial charge is 0.340 e. The van der Waals surface area contributed by atoms with Crippen LogP contribution in [-0.4, -0.2) is 23.2 Å². The van der Waals surface area contributed by atoms with E-state index in [-0.39, 0.29) is 12.5 Å². The van der Waals surface area contributed by atoms with Gasteiger partial charge in [-0.25, -0.2) is 4.79 Å². The highest BCUT2D eigenvalue weighted by Crippen LogP contribution is 2.26. The Morgan fingerprint density at radius 3 is 2.71 bits per heavy atom. The molecule has 108 valence electrons. The highest BCUT2D eigenvalue weighted by molar-refractivity contribution is 6.07. The average molecular weight is 285 g/mol. The number of hydrogen-bond donors (Lipinski definition) is 1. The Morgan fingerprint density at radius 2 is 2.14 bits per heavy atom. The Kier molecular flexibility index (Phi) is 3.94. The van der Waals surface area contributed by atoms with Crippen LogP contribution in [0.15, 0.2) is 18.2 Å². The second-order valence-corrected chi connectivity index (χ2v) is 4.53. The third-order valence-corrected chi connectivity index (χ3v) is 3.08. The summed E-state index contributed by atoms with van der Waals surface area (Å²) < 4.78 is 6.59. The van der Waals surface area contributed by atoms with Crippen LogP contribution in [0, 0.1) is 18.3 Å². The Labute approximate surface area is 121 Å². The molecule has 0 aliphatic rings. The van der Waals surface area contributed by atoms with Crippen LogP contribution in [0.1, 0.15) is 35.5 Å². The molecular weight excluding hydrogens is 270 g/mol. The summed E-state index contributed by atoms with van der Waals surface area (Å²) in [6, 6.07) is 6.98. The molecule has 2 rings (SSSR count). The molecule has 0 saturated heterocycles. The fraction of sp³-hybridized carbons (Fsp3) is 0.267. The zero-order valence-electron chi connectivity index (χ0n) is 12.1. The standard InChI is InChI=1S/C15H15N3O3/c1-4-21-15(20)14-9(2)18(17-10(3)19)13-6-5-11(8-16)7-12(13)14/h5-7H,4H2,1-3H3,(H,17,19). The number of hydrogen-bond acceptors (Lipinski definition) is 4. The van der Waals surface area contributed by atoms with Crippen molar-refractivity contribution in [2.75, 3.05) is 12.0 Å². The summed E-state index contributed by atoms with van der Waals surface area (Å²) in [6.45, 7) is 5.08. The Morgan fingerprint density at radius 1 is 1.43 bits per heavy atom. The summed E-state index contributed by atoms with van der Waals surface area (Å²) in [4.78, 5) is 23.5. The van der Waals surface area contributed by atoms with Crippen molar-refractivity contribution in [3.05, 3.63) is 35.0 Å². The molecule has 0 spiro atoms. The highest BCUT2D eigenvalue weighted by atomic mass is 16.5. The van der Waals surface area contributed by atoms with Crippen molar-refractivity contribution in [3.8, 4) is 6.07 Å². The van der Waals surface area contributed by atoms with Crippen molar-refractivity contribution < 1.29 is 14.3 Å². The normalized spacial score (nSPS) is 10.2. The lowest BCUT2D eigenvalue weighted by Crippen LogP contribution is -2.21. The summed E-state index contributed by atoms with van der Waals surface area (Å²) in [5, 5.41) is 9.59. The summed E-state index contributed by atoms with van der Waals surface area (Å²) in [7, 11) is 0. The number of aromatic nitrogens is 1. The van der Waals surface area contributed by atoms with Gasteiger partial charge in [-0.05, 0) is 32.0 Å². The van der Waals surface area contributed by atoms with Crippen molar-refractivity contribution in [3.63, 3.8) is 0 Å². The van der Waals surface area contributed by atoms with Gasteiger partial charge in [-0.15, -0.1) is 0 Å². The van der Waals surface area contributed by atoms with Crippen LogP contribution >= 0.6 is 0 Å². The van der Waals surface area contributed by atoms with E-state index in [0.29, 0.717) is 27.7 Å². The van der Waals surface area contributed by atoms with Gasteiger partial charge in [0.05, 0.1) is 35.0 Å². The Balaban J connectivity index is 2.75. The number of esters is 1. The molecule has 1 amide bonds. The molecule has 1 aromatic carbocycles. The van der Waals surface area contributed by atoms with Crippen LogP contribution in [0.5, 0.6) is 0 Å². The lowest BCUT2D eigenvalue weighted by molar-refractivity contribution is -0.115. The molecule has 0 atom stereocenters. The van der Waals surface area contributed by atoms with E-state index in [9.17, 15) is 9.59 Å². The monoisotopic (exact) mass is 285 g/mol. The molecule has 0 saturated carbocycles. The number of carbonyl (C=O) groups is 2. The maximum atomic E-state index is 12.1. The van der Waals surface area contributed by atoms with Gasteiger partial charge < -0.3 is 4.74 Å². The fourth-order valence-electron chi connectivity index (χ4n) is 2.25. The summed E-state index contributed by atoms with van der Waals surface area (Å²) in [5.41, 5.74) is 4.66. The topological polar surface area (TPSA) is 84.1 Å². The third-order valence-electron chi connectivity index (χ3n) is 3.08. The number of benzene rings is 1. The van der Waals surface area contributed by atoms with E-state index in [1.54, 1.807) is 32.0 Å². The van der Waals surface area contributed by atoms with E-state index in [1.165, 1.54) is 11.6 Å². The molecule has 2 aromatic rings. The number of nitrogens with one attached hydrogen (secondary N) is 1. The molecule has 1 aromatic heterocycles. The van der Waals surface area contributed by atoms with Gasteiger partial charge in [0.25, 0.3) is 0 Å². The minimum absolute atomic E-state index is 0.253. The molecule has 0 fully saturated rings. The molecular formula is C15H15N3O3. The number of ether oxygens (including phenoxy) is 1. The third kappa shape index (κ3) is 2.58. The Hall–Kier alpha value is -2.81. The van der Waals surface area contributed by atoms with Gasteiger partial charge in [0.15, 0.2) is 0 Å². The maximum absolute atomic E-state index is 12.1. The van der Waals surface area contributed by atoms with E-state index < -0.39 is 5.97 Å². The van der Waals surface area contributed by atoms with Crippen LogP contribution in [0.4, 0.5) is 0 Å². The molecule has 1 N–H and O–H groups in total. The summed E-state index contributed by atoms with van der Waals surface area (Å²) in [6.07, 6.45) is 0. The number of nitrogens with zero attached hydrogens (tertiary/aromatic N) is 2. The van der Waals surface area contributed by atoms with E-state index >= 15 is 0 Å². The molecule has 0 radical (unpaired) electrons. The number of nitriles is 1. The predicted molar refractivity (Wildman–Crippen MR) is 77.4 cm³/mol. The largest absolute Gasteiger partial charge is 0.462 e. The molecule has 0 aliphatic carbocycles. The molecule has 6 heteroatoms. The molecule has 1 heterocycles. The van der Waals surface area contributed by atoms with Gasteiger partial charge in [-0.1, -0.05) is 0 Å². The minimum atomic E-state index is -0.473. The van der Waals surface area contributed by atoms with Crippen molar-refractivity contribution >= 4 is 22.8 Å². The average Bonchev–Trinajstić information content (AvgIpc) is 2.70. The van der Waals surface area contributed by atoms with Crippen molar-refractivity contribution in [1.82, 2.24) is 4.68 Å². The van der Waals surface area contributed by atoms with E-state index in [1.807, 2.05) is 6.07 Å². The predicted octanol–water partition coefficient (Wildman–Crippen LogP) is 2.09. The quantitative estimate of drug-likeness (QED) is 0.875. The second-order valence-electron chi connectivity index (χ2n) is 4.53. The molecule has 0 unspecified atom stereocenters. The fourth-order valence-corrected chi connectivity index (χ4v) is 2.25. The first-order chi connectivity index (χ1) is 9.99. The minimum Gasteiger partial charge on any atom is -0.462 e. The van der Waals surface area contributed by atoms with Crippen LogP contribution in [0.25, 0.3) is 10.9 Å². The Bertz CT molecular complexity index is 769. The molecule has 0 bridgehead atoms. The number of rotatable bonds is 3. The first-order valence-corrected chi connectivity index (χ1v) is 6.49. The van der Waals surface area contributed by atoms with Crippen LogP contribution in [0.2, 0.25) is 0 Å². The zero-order chi connectivity index (χ0) is 15.6. The van der Waals surface area contributed by atoms with Crippen LogP contribution in [0.3, 0.4) is 0 Å². The zero-order valence-corrected chi connectivity index (χ0v) is 12.1. The molecule has 0 aliphatic heterocycles. The van der Waals surface area contributed by atoms with E-state index in [0.717, 1.165) is 0 Å². The van der Waals surface area contributed by atoms with Gasteiger partial charge in [0.2, 0.25) is 5.91 Å². The highest BCUT2D eigenvalue weighted by Gasteiger charge is 2.21. The molecule has 21 heavy (non-hydrogen) atoms. The number of carbonyl (C=O) groups excluding carboxylic acids is 2. The van der Waals surface area contributed by atoms with Gasteiger partial charge in [0, 0.05) is 12.3 Å². The first kappa shape index (κ1) is 14.6.